The van der Waals surface area contributed by atoms with Crippen LogP contribution in [0.2, 0.25) is 0 Å². The van der Waals surface area contributed by atoms with E-state index < -0.39 is 0 Å². The fraction of sp³-hybridized carbons (Fsp3) is 0.421. The number of amides is 1. The first kappa shape index (κ1) is 17.5. The summed E-state index contributed by atoms with van der Waals surface area (Å²) in [7, 11) is 1.60. The fourth-order valence-electron chi connectivity index (χ4n) is 3.45. The fourth-order valence-corrected chi connectivity index (χ4v) is 3.45. The Labute approximate surface area is 155 Å². The quantitative estimate of drug-likeness (QED) is 0.683. The number of fused-ring (bicyclic) bond motifs is 1. The predicted octanol–water partition coefficient (Wildman–Crippen LogP) is 2.25. The lowest BCUT2D eigenvalue weighted by Crippen LogP contribution is -2.37. The number of furan rings is 2. The smallest absolute Gasteiger partial charge is 0.265 e. The van der Waals surface area contributed by atoms with Gasteiger partial charge >= 0.3 is 0 Å². The number of aryl methyl sites for hydroxylation is 2. The van der Waals surface area contributed by atoms with E-state index in [4.69, 9.17) is 13.6 Å². The van der Waals surface area contributed by atoms with Gasteiger partial charge in [0, 0.05) is 20.2 Å². The van der Waals surface area contributed by atoms with Gasteiger partial charge in [0.1, 0.15) is 23.2 Å². The second-order valence-corrected chi connectivity index (χ2v) is 6.77. The van der Waals surface area contributed by atoms with Crippen molar-refractivity contribution in [3.05, 3.63) is 52.2 Å². The molecular weight excluding hydrogens is 350 g/mol. The van der Waals surface area contributed by atoms with E-state index in [0.717, 1.165) is 12.8 Å². The first-order chi connectivity index (χ1) is 13.0. The normalized spacial score (nSPS) is 16.9. The molecule has 0 aromatic carbocycles. The summed E-state index contributed by atoms with van der Waals surface area (Å²) in [4.78, 5) is 31.8. The van der Waals surface area contributed by atoms with Crippen LogP contribution in [0.5, 0.6) is 0 Å². The molecule has 1 saturated heterocycles. The van der Waals surface area contributed by atoms with Crippen molar-refractivity contribution in [3.63, 3.8) is 0 Å². The van der Waals surface area contributed by atoms with Crippen LogP contribution in [-0.4, -0.2) is 39.6 Å². The van der Waals surface area contributed by atoms with Crippen LogP contribution < -0.4 is 5.56 Å². The summed E-state index contributed by atoms with van der Waals surface area (Å²) < 4.78 is 18.0. The molecule has 1 aliphatic rings. The van der Waals surface area contributed by atoms with Crippen molar-refractivity contribution in [3.8, 4) is 0 Å². The summed E-state index contributed by atoms with van der Waals surface area (Å²) in [5.41, 5.74) is 0.118. The highest BCUT2D eigenvalue weighted by molar-refractivity contribution is 6.06. The molecule has 0 saturated carbocycles. The highest BCUT2D eigenvalue weighted by Crippen LogP contribution is 2.24. The molecule has 1 amide bonds. The molecule has 3 aromatic rings. The SMILES string of the molecule is Cc1oc2ncn(C)c(=O)c2c1C(=O)N(Cc1ccco1)C[C@H]1CCCO1. The molecule has 8 nitrogen and oxygen atoms in total. The van der Waals surface area contributed by atoms with Gasteiger partial charge in [0.15, 0.2) is 0 Å². The molecule has 1 atom stereocenters. The lowest BCUT2D eigenvalue weighted by atomic mass is 10.1. The van der Waals surface area contributed by atoms with E-state index in [1.54, 1.807) is 31.2 Å². The summed E-state index contributed by atoms with van der Waals surface area (Å²) in [6.45, 7) is 3.09. The van der Waals surface area contributed by atoms with Crippen LogP contribution in [0.25, 0.3) is 11.1 Å². The average Bonchev–Trinajstić information content (AvgIpc) is 3.38. The van der Waals surface area contributed by atoms with Gasteiger partial charge in [0.2, 0.25) is 5.71 Å². The molecule has 27 heavy (non-hydrogen) atoms. The van der Waals surface area contributed by atoms with Crippen molar-refractivity contribution >= 4 is 17.0 Å². The second-order valence-electron chi connectivity index (χ2n) is 6.77. The Balaban J connectivity index is 1.74. The Morgan fingerprint density at radius 1 is 1.44 bits per heavy atom. The molecule has 4 heterocycles. The minimum atomic E-state index is -0.310. The predicted molar refractivity (Wildman–Crippen MR) is 96.4 cm³/mol. The Bertz CT molecular complexity index is 1010. The Morgan fingerprint density at radius 2 is 2.30 bits per heavy atom. The van der Waals surface area contributed by atoms with E-state index in [9.17, 15) is 9.59 Å². The molecule has 0 bridgehead atoms. The molecule has 0 spiro atoms. The maximum absolute atomic E-state index is 13.4. The molecule has 8 heteroatoms. The summed E-state index contributed by atoms with van der Waals surface area (Å²) in [5, 5.41) is 0.208. The molecule has 1 fully saturated rings. The number of carbonyl (C=O) groups excluding carboxylic acids is 1. The molecule has 1 aliphatic heterocycles. The maximum atomic E-state index is 13.4. The number of hydrogen-bond donors (Lipinski definition) is 0. The maximum Gasteiger partial charge on any atom is 0.265 e. The van der Waals surface area contributed by atoms with Crippen molar-refractivity contribution in [2.75, 3.05) is 13.2 Å². The number of nitrogens with zero attached hydrogens (tertiary/aromatic N) is 3. The molecule has 0 radical (unpaired) electrons. The minimum Gasteiger partial charge on any atom is -0.467 e. The van der Waals surface area contributed by atoms with Crippen LogP contribution in [0, 0.1) is 6.92 Å². The summed E-state index contributed by atoms with van der Waals surface area (Å²) in [6, 6.07) is 3.60. The lowest BCUT2D eigenvalue weighted by molar-refractivity contribution is 0.0491. The van der Waals surface area contributed by atoms with Gasteiger partial charge in [0.25, 0.3) is 11.5 Å². The van der Waals surface area contributed by atoms with E-state index in [0.29, 0.717) is 31.2 Å². The topological polar surface area (TPSA) is 90.7 Å². The number of ether oxygens (including phenoxy) is 1. The third-order valence-corrected chi connectivity index (χ3v) is 4.82. The summed E-state index contributed by atoms with van der Waals surface area (Å²) >= 11 is 0. The van der Waals surface area contributed by atoms with Crippen molar-refractivity contribution in [2.45, 2.75) is 32.4 Å². The Kier molecular flexibility index (Phi) is 4.57. The molecule has 0 N–H and O–H groups in total. The number of carbonyl (C=O) groups is 1. The van der Waals surface area contributed by atoms with Crippen LogP contribution in [0.15, 0.2) is 38.4 Å². The minimum absolute atomic E-state index is 0.0247. The van der Waals surface area contributed by atoms with E-state index in [1.807, 2.05) is 6.07 Å². The van der Waals surface area contributed by atoms with Crippen LogP contribution in [0.4, 0.5) is 0 Å². The van der Waals surface area contributed by atoms with Crippen LogP contribution in [-0.2, 0) is 18.3 Å². The van der Waals surface area contributed by atoms with Gasteiger partial charge in [-0.25, -0.2) is 4.98 Å². The van der Waals surface area contributed by atoms with Crippen LogP contribution in [0.1, 0.15) is 34.7 Å². The second kappa shape index (κ2) is 7.03. The van der Waals surface area contributed by atoms with Gasteiger partial charge < -0.3 is 23.0 Å². The third-order valence-electron chi connectivity index (χ3n) is 4.82. The van der Waals surface area contributed by atoms with Crippen LogP contribution in [0.3, 0.4) is 0 Å². The average molecular weight is 371 g/mol. The van der Waals surface area contributed by atoms with E-state index in [-0.39, 0.29) is 34.2 Å². The van der Waals surface area contributed by atoms with E-state index >= 15 is 0 Å². The summed E-state index contributed by atoms with van der Waals surface area (Å²) in [6.07, 6.45) is 4.81. The van der Waals surface area contributed by atoms with E-state index in [1.165, 1.54) is 10.9 Å². The zero-order valence-electron chi connectivity index (χ0n) is 15.3. The van der Waals surface area contributed by atoms with Crippen LogP contribution >= 0.6 is 0 Å². The summed E-state index contributed by atoms with van der Waals surface area (Å²) in [5.74, 6) is 0.753. The Morgan fingerprint density at radius 3 is 3.00 bits per heavy atom. The van der Waals surface area contributed by atoms with Gasteiger partial charge in [0.05, 0.1) is 24.5 Å². The molecular formula is C19H21N3O5. The van der Waals surface area contributed by atoms with Gasteiger partial charge in [-0.3, -0.25) is 9.59 Å². The molecule has 142 valence electrons. The van der Waals surface area contributed by atoms with Gasteiger partial charge in [-0.15, -0.1) is 0 Å². The zero-order valence-corrected chi connectivity index (χ0v) is 15.3. The molecule has 3 aromatic heterocycles. The van der Waals surface area contributed by atoms with Gasteiger partial charge in [-0.2, -0.15) is 0 Å². The van der Waals surface area contributed by atoms with Crippen molar-refractivity contribution in [2.24, 2.45) is 7.05 Å². The van der Waals surface area contributed by atoms with Crippen molar-refractivity contribution < 1.29 is 18.4 Å². The number of rotatable bonds is 5. The van der Waals surface area contributed by atoms with Crippen molar-refractivity contribution in [1.29, 1.82) is 0 Å². The zero-order chi connectivity index (χ0) is 19.0. The first-order valence-electron chi connectivity index (χ1n) is 8.92. The third kappa shape index (κ3) is 3.28. The largest absolute Gasteiger partial charge is 0.467 e. The highest BCUT2D eigenvalue weighted by Gasteiger charge is 2.29. The number of aromatic nitrogens is 2. The Hall–Kier alpha value is -2.87. The van der Waals surface area contributed by atoms with Crippen molar-refractivity contribution in [1.82, 2.24) is 14.5 Å². The van der Waals surface area contributed by atoms with Gasteiger partial charge in [-0.05, 0) is 31.9 Å². The monoisotopic (exact) mass is 371 g/mol. The molecule has 0 aliphatic carbocycles. The first-order valence-corrected chi connectivity index (χ1v) is 8.92. The highest BCUT2D eigenvalue weighted by atomic mass is 16.5. The number of hydrogen-bond acceptors (Lipinski definition) is 6. The lowest BCUT2D eigenvalue weighted by Gasteiger charge is -2.24. The standard InChI is InChI=1S/C19H21N3O5/c1-12-15(16-17(27-12)20-11-21(2)18(16)23)19(24)22(9-13-5-3-7-25-13)10-14-6-4-8-26-14/h3,5,7,11,14H,4,6,8-10H2,1-2H3/t14-/m1/s1. The molecule has 4 rings (SSSR count). The van der Waals surface area contributed by atoms with Gasteiger partial charge in [-0.1, -0.05) is 0 Å². The van der Waals surface area contributed by atoms with E-state index in [2.05, 4.69) is 4.98 Å². The molecule has 0 unspecified atom stereocenters.